The maximum atomic E-state index is 13.0. The number of ketones is 1. The summed E-state index contributed by atoms with van der Waals surface area (Å²) in [6.07, 6.45) is 1.38. The largest absolute Gasteiger partial charge is 0.338 e. The molecule has 1 aromatic carbocycles. The third-order valence-corrected chi connectivity index (χ3v) is 5.02. The minimum Gasteiger partial charge on any atom is -0.338 e. The van der Waals surface area contributed by atoms with Crippen LogP contribution in [0.4, 0.5) is 9.52 Å². The highest BCUT2D eigenvalue weighted by Crippen LogP contribution is 2.22. The minimum atomic E-state index is -0.397. The number of likely N-dealkylation sites (tertiary alicyclic amines) is 1. The number of rotatable bonds is 4. The summed E-state index contributed by atoms with van der Waals surface area (Å²) >= 11 is 1.20. The van der Waals surface area contributed by atoms with E-state index in [4.69, 9.17) is 0 Å². The number of thiazole rings is 1. The lowest BCUT2D eigenvalue weighted by molar-refractivity contribution is -0.121. The van der Waals surface area contributed by atoms with Gasteiger partial charge in [-0.3, -0.25) is 14.4 Å². The Bertz CT molecular complexity index is 834. The number of Topliss-reactive ketones (excluding diaryl/α,β-unsaturated/α-hetero) is 1. The summed E-state index contributed by atoms with van der Waals surface area (Å²) in [6.45, 7) is 2.28. The van der Waals surface area contributed by atoms with E-state index >= 15 is 0 Å². The molecule has 1 aromatic heterocycles. The predicted molar refractivity (Wildman–Crippen MR) is 95.8 cm³/mol. The van der Waals surface area contributed by atoms with Gasteiger partial charge in [-0.05, 0) is 37.1 Å². The van der Waals surface area contributed by atoms with Crippen LogP contribution in [0.2, 0.25) is 0 Å². The van der Waals surface area contributed by atoms with Crippen LogP contribution < -0.4 is 5.32 Å². The molecule has 2 heterocycles. The lowest BCUT2D eigenvalue weighted by Gasteiger charge is -2.32. The van der Waals surface area contributed by atoms with Gasteiger partial charge in [0.1, 0.15) is 11.5 Å². The number of amides is 2. The molecule has 1 N–H and O–H groups in total. The van der Waals surface area contributed by atoms with E-state index in [0.29, 0.717) is 42.3 Å². The highest BCUT2D eigenvalue weighted by atomic mass is 32.1. The zero-order chi connectivity index (χ0) is 18.7. The van der Waals surface area contributed by atoms with Gasteiger partial charge >= 0.3 is 0 Å². The van der Waals surface area contributed by atoms with Crippen molar-refractivity contribution in [2.75, 3.05) is 18.4 Å². The Morgan fingerprint density at radius 3 is 2.65 bits per heavy atom. The summed E-state index contributed by atoms with van der Waals surface area (Å²) in [5.74, 6) is -1.33. The summed E-state index contributed by atoms with van der Waals surface area (Å²) < 4.78 is 13.0. The van der Waals surface area contributed by atoms with Crippen molar-refractivity contribution in [1.82, 2.24) is 9.88 Å². The van der Waals surface area contributed by atoms with Crippen LogP contribution in [0.5, 0.6) is 0 Å². The Morgan fingerprint density at radius 1 is 1.27 bits per heavy atom. The number of carbonyl (C=O) groups is 3. The quantitative estimate of drug-likeness (QED) is 0.833. The number of aromatic nitrogens is 1. The Morgan fingerprint density at radius 2 is 2.00 bits per heavy atom. The molecule has 0 unspecified atom stereocenters. The van der Waals surface area contributed by atoms with Gasteiger partial charge in [0.05, 0.1) is 5.92 Å². The van der Waals surface area contributed by atoms with Gasteiger partial charge in [0.15, 0.2) is 10.9 Å². The smallest absolute Gasteiger partial charge is 0.253 e. The van der Waals surface area contributed by atoms with Crippen molar-refractivity contribution in [3.8, 4) is 0 Å². The van der Waals surface area contributed by atoms with Crippen molar-refractivity contribution >= 4 is 34.1 Å². The second-order valence-electron chi connectivity index (χ2n) is 6.18. The third kappa shape index (κ3) is 4.13. The Labute approximate surface area is 154 Å². The first-order chi connectivity index (χ1) is 12.4. The molecule has 3 rings (SSSR count). The van der Waals surface area contributed by atoms with Gasteiger partial charge in [-0.2, -0.15) is 0 Å². The van der Waals surface area contributed by atoms with Gasteiger partial charge < -0.3 is 10.2 Å². The second kappa shape index (κ2) is 7.74. The monoisotopic (exact) mass is 375 g/mol. The van der Waals surface area contributed by atoms with Crippen molar-refractivity contribution < 1.29 is 18.8 Å². The van der Waals surface area contributed by atoms with Crippen LogP contribution >= 0.6 is 11.3 Å². The molecule has 2 amide bonds. The van der Waals surface area contributed by atoms with Crippen LogP contribution in [-0.4, -0.2) is 40.6 Å². The molecule has 0 saturated carbocycles. The van der Waals surface area contributed by atoms with Crippen LogP contribution in [0.25, 0.3) is 0 Å². The number of carbonyl (C=O) groups excluding carboxylic acids is 3. The summed E-state index contributed by atoms with van der Waals surface area (Å²) in [5.41, 5.74) is 0.723. The fourth-order valence-electron chi connectivity index (χ4n) is 2.85. The van der Waals surface area contributed by atoms with E-state index in [1.54, 1.807) is 10.3 Å². The maximum absolute atomic E-state index is 13.0. The van der Waals surface area contributed by atoms with Crippen LogP contribution in [0.15, 0.2) is 29.6 Å². The number of nitrogens with zero attached hydrogens (tertiary/aromatic N) is 2. The molecule has 0 bridgehead atoms. The fraction of sp³-hybridized carbons (Fsp3) is 0.333. The maximum Gasteiger partial charge on any atom is 0.253 e. The Balaban J connectivity index is 1.63. The standard InChI is InChI=1S/C18H18FN3O3S/c1-11(23)15-10-26-18(20-15)21-16(24)13-3-2-8-22(9-13)17(25)12-4-6-14(19)7-5-12/h4-7,10,13H,2-3,8-9H2,1H3,(H,20,21,24)/t13-/m1/s1. The molecule has 2 aromatic rings. The second-order valence-corrected chi connectivity index (χ2v) is 7.04. The van der Waals surface area contributed by atoms with Gasteiger partial charge in [-0.25, -0.2) is 9.37 Å². The number of anilines is 1. The van der Waals surface area contributed by atoms with Crippen molar-refractivity contribution in [3.63, 3.8) is 0 Å². The van der Waals surface area contributed by atoms with Gasteiger partial charge in [0.2, 0.25) is 5.91 Å². The Kier molecular flexibility index (Phi) is 5.41. The number of halogens is 1. The minimum absolute atomic E-state index is 0.157. The average molecular weight is 375 g/mol. The lowest BCUT2D eigenvalue weighted by atomic mass is 9.96. The summed E-state index contributed by atoms with van der Waals surface area (Å²) in [4.78, 5) is 42.0. The van der Waals surface area contributed by atoms with E-state index in [-0.39, 0.29) is 23.5 Å². The lowest BCUT2D eigenvalue weighted by Crippen LogP contribution is -2.43. The highest BCUT2D eigenvalue weighted by molar-refractivity contribution is 7.14. The first kappa shape index (κ1) is 18.2. The number of hydrogen-bond acceptors (Lipinski definition) is 5. The van der Waals surface area contributed by atoms with E-state index in [1.807, 2.05) is 0 Å². The molecular weight excluding hydrogens is 357 g/mol. The summed E-state index contributed by atoms with van der Waals surface area (Å²) in [7, 11) is 0. The van der Waals surface area contributed by atoms with Crippen LogP contribution in [0.1, 0.15) is 40.6 Å². The zero-order valence-electron chi connectivity index (χ0n) is 14.2. The van der Waals surface area contributed by atoms with E-state index in [9.17, 15) is 18.8 Å². The molecule has 8 heteroatoms. The van der Waals surface area contributed by atoms with E-state index < -0.39 is 5.82 Å². The average Bonchev–Trinajstić information content (AvgIpc) is 3.11. The fourth-order valence-corrected chi connectivity index (χ4v) is 3.60. The van der Waals surface area contributed by atoms with E-state index in [1.165, 1.54) is 42.5 Å². The molecule has 1 aliphatic heterocycles. The van der Waals surface area contributed by atoms with Gasteiger partial charge in [-0.1, -0.05) is 0 Å². The molecule has 1 saturated heterocycles. The first-order valence-corrected chi connectivity index (χ1v) is 9.14. The molecule has 26 heavy (non-hydrogen) atoms. The predicted octanol–water partition coefficient (Wildman–Crippen LogP) is 2.98. The molecule has 6 nitrogen and oxygen atoms in total. The topological polar surface area (TPSA) is 79.4 Å². The third-order valence-electron chi connectivity index (χ3n) is 4.27. The first-order valence-electron chi connectivity index (χ1n) is 8.26. The molecule has 0 radical (unpaired) electrons. The van der Waals surface area contributed by atoms with Crippen LogP contribution in [0.3, 0.4) is 0 Å². The molecule has 136 valence electrons. The molecular formula is C18H18FN3O3S. The summed E-state index contributed by atoms with van der Waals surface area (Å²) in [6, 6.07) is 5.38. The molecule has 1 fully saturated rings. The molecule has 0 spiro atoms. The molecule has 1 atom stereocenters. The van der Waals surface area contributed by atoms with Crippen molar-refractivity contribution in [1.29, 1.82) is 0 Å². The Hall–Kier alpha value is -2.61. The number of benzene rings is 1. The van der Waals surface area contributed by atoms with Crippen LogP contribution in [0, 0.1) is 11.7 Å². The molecule has 0 aliphatic carbocycles. The SMILES string of the molecule is CC(=O)c1csc(NC(=O)[C@@H]2CCCN(C(=O)c3ccc(F)cc3)C2)n1. The summed E-state index contributed by atoms with van der Waals surface area (Å²) in [5, 5.41) is 4.70. The number of hydrogen-bond donors (Lipinski definition) is 1. The van der Waals surface area contributed by atoms with Gasteiger partial charge in [-0.15, -0.1) is 11.3 Å². The van der Waals surface area contributed by atoms with E-state index in [2.05, 4.69) is 10.3 Å². The van der Waals surface area contributed by atoms with E-state index in [0.717, 1.165) is 0 Å². The van der Waals surface area contributed by atoms with Crippen molar-refractivity contribution in [2.24, 2.45) is 5.92 Å². The number of piperidine rings is 1. The van der Waals surface area contributed by atoms with Crippen molar-refractivity contribution in [3.05, 3.63) is 46.7 Å². The highest BCUT2D eigenvalue weighted by Gasteiger charge is 2.29. The molecule has 1 aliphatic rings. The zero-order valence-corrected chi connectivity index (χ0v) is 15.0. The van der Waals surface area contributed by atoms with Gasteiger partial charge in [0.25, 0.3) is 5.91 Å². The normalized spacial score (nSPS) is 17.0. The van der Waals surface area contributed by atoms with Gasteiger partial charge in [0, 0.05) is 31.0 Å². The number of nitrogens with one attached hydrogen (secondary N) is 1. The van der Waals surface area contributed by atoms with Crippen molar-refractivity contribution in [2.45, 2.75) is 19.8 Å². The van der Waals surface area contributed by atoms with Crippen LogP contribution in [-0.2, 0) is 4.79 Å².